The average molecular weight is 431 g/mol. The molecule has 2 aromatic rings. The van der Waals surface area contributed by atoms with Gasteiger partial charge in [0.05, 0.1) is 10.5 Å². The molecule has 29 heavy (non-hydrogen) atoms. The van der Waals surface area contributed by atoms with Crippen LogP contribution in [-0.2, 0) is 4.79 Å². The molecule has 0 atom stereocenters. The number of nitrogens with zero attached hydrogens (tertiary/aromatic N) is 3. The van der Waals surface area contributed by atoms with Crippen LogP contribution < -0.4 is 10.9 Å². The van der Waals surface area contributed by atoms with E-state index in [1.807, 2.05) is 26.0 Å². The normalized spacial score (nSPS) is 15.7. The molecule has 1 saturated heterocycles. The Kier molecular flexibility index (Phi) is 7.08. The maximum Gasteiger partial charge on any atom is 0.267 e. The first-order chi connectivity index (χ1) is 14.0. The fraction of sp³-hybridized carbons (Fsp3) is 0.429. The molecule has 0 saturated carbocycles. The molecule has 0 radical (unpaired) electrons. The van der Waals surface area contributed by atoms with E-state index >= 15 is 0 Å². The Balaban J connectivity index is 2.06. The van der Waals surface area contributed by atoms with Gasteiger partial charge in [0, 0.05) is 19.3 Å². The Morgan fingerprint density at radius 1 is 1.21 bits per heavy atom. The molecule has 154 valence electrons. The molecule has 1 fully saturated rings. The molecule has 1 aliphatic heterocycles. The van der Waals surface area contributed by atoms with E-state index < -0.39 is 0 Å². The number of amides is 1. The highest BCUT2D eigenvalue weighted by Crippen LogP contribution is 2.33. The van der Waals surface area contributed by atoms with Crippen molar-refractivity contribution in [3.63, 3.8) is 0 Å². The van der Waals surface area contributed by atoms with Crippen LogP contribution in [0.4, 0.5) is 5.82 Å². The van der Waals surface area contributed by atoms with Gasteiger partial charge in [-0.25, -0.2) is 4.98 Å². The van der Waals surface area contributed by atoms with Crippen molar-refractivity contribution in [3.05, 3.63) is 44.7 Å². The summed E-state index contributed by atoms with van der Waals surface area (Å²) in [5, 5.41) is 3.30. The minimum Gasteiger partial charge on any atom is -0.369 e. The monoisotopic (exact) mass is 430 g/mol. The van der Waals surface area contributed by atoms with E-state index in [1.165, 1.54) is 16.2 Å². The molecule has 3 heterocycles. The van der Waals surface area contributed by atoms with Gasteiger partial charge >= 0.3 is 0 Å². The van der Waals surface area contributed by atoms with Crippen LogP contribution in [0.2, 0.25) is 0 Å². The number of thiocarbonyl (C=S) groups is 1. The maximum atomic E-state index is 13.2. The lowest BCUT2D eigenvalue weighted by Gasteiger charge is -2.12. The predicted molar refractivity (Wildman–Crippen MR) is 124 cm³/mol. The van der Waals surface area contributed by atoms with E-state index in [0.717, 1.165) is 37.8 Å². The number of anilines is 1. The fourth-order valence-electron chi connectivity index (χ4n) is 3.15. The van der Waals surface area contributed by atoms with Gasteiger partial charge in [0.1, 0.15) is 15.8 Å². The minimum absolute atomic E-state index is 0.146. The van der Waals surface area contributed by atoms with Gasteiger partial charge in [0.25, 0.3) is 11.5 Å². The van der Waals surface area contributed by atoms with Gasteiger partial charge in [-0.2, -0.15) is 0 Å². The average Bonchev–Trinajstić information content (AvgIpc) is 2.96. The number of carbonyl (C=O) groups excluding carboxylic acids is 1. The number of thioether (sulfide) groups is 1. The summed E-state index contributed by atoms with van der Waals surface area (Å²) in [4.78, 5) is 32.7. The van der Waals surface area contributed by atoms with Crippen LogP contribution in [0.15, 0.2) is 28.0 Å². The molecule has 6 nitrogen and oxygen atoms in total. The van der Waals surface area contributed by atoms with E-state index in [2.05, 4.69) is 17.2 Å². The van der Waals surface area contributed by atoms with Gasteiger partial charge in [-0.1, -0.05) is 56.7 Å². The fourth-order valence-corrected chi connectivity index (χ4v) is 4.44. The van der Waals surface area contributed by atoms with Crippen molar-refractivity contribution in [2.45, 2.75) is 46.5 Å². The zero-order valence-corrected chi connectivity index (χ0v) is 18.7. The molecular weight excluding hydrogens is 404 g/mol. The molecule has 1 amide bonds. The summed E-state index contributed by atoms with van der Waals surface area (Å²) in [6.07, 6.45) is 7.44. The van der Waals surface area contributed by atoms with Crippen LogP contribution in [0.25, 0.3) is 11.7 Å². The van der Waals surface area contributed by atoms with E-state index in [1.54, 1.807) is 17.2 Å². The maximum absolute atomic E-state index is 13.2. The SMILES string of the molecule is CCCCCNc1nc2ccc(C)cn2c(=O)c1C=C1SC(=S)N(CCC)C1=O. The Morgan fingerprint density at radius 2 is 2.00 bits per heavy atom. The van der Waals surface area contributed by atoms with Crippen LogP contribution in [0.1, 0.15) is 50.7 Å². The smallest absolute Gasteiger partial charge is 0.267 e. The van der Waals surface area contributed by atoms with Crippen molar-refractivity contribution in [3.8, 4) is 0 Å². The van der Waals surface area contributed by atoms with Gasteiger partial charge in [0.2, 0.25) is 0 Å². The summed E-state index contributed by atoms with van der Waals surface area (Å²) in [5.74, 6) is 0.364. The highest BCUT2D eigenvalue weighted by Gasteiger charge is 2.31. The summed E-state index contributed by atoms with van der Waals surface area (Å²) >= 11 is 6.59. The van der Waals surface area contributed by atoms with Crippen molar-refractivity contribution in [1.82, 2.24) is 14.3 Å². The molecule has 0 unspecified atom stereocenters. The quantitative estimate of drug-likeness (QED) is 0.384. The lowest BCUT2D eigenvalue weighted by molar-refractivity contribution is -0.122. The number of hydrogen-bond acceptors (Lipinski definition) is 6. The van der Waals surface area contributed by atoms with E-state index in [9.17, 15) is 9.59 Å². The second-order valence-electron chi connectivity index (χ2n) is 7.08. The van der Waals surface area contributed by atoms with E-state index in [-0.39, 0.29) is 11.5 Å². The van der Waals surface area contributed by atoms with Crippen molar-refractivity contribution in [1.29, 1.82) is 0 Å². The van der Waals surface area contributed by atoms with Gasteiger partial charge in [-0.15, -0.1) is 0 Å². The topological polar surface area (TPSA) is 66.7 Å². The summed E-state index contributed by atoms with van der Waals surface area (Å²) < 4.78 is 2.07. The van der Waals surface area contributed by atoms with Crippen LogP contribution in [0.3, 0.4) is 0 Å². The largest absolute Gasteiger partial charge is 0.369 e. The van der Waals surface area contributed by atoms with Crippen LogP contribution >= 0.6 is 24.0 Å². The third-order valence-corrected chi connectivity index (χ3v) is 6.05. The number of carbonyl (C=O) groups is 1. The Morgan fingerprint density at radius 3 is 2.72 bits per heavy atom. The lowest BCUT2D eigenvalue weighted by atomic mass is 10.2. The standard InChI is InChI=1S/C21H26N4O2S2/c1-4-6-7-10-22-18-15(12-16-20(27)24(11-5-2)21(28)29-16)19(26)25-13-14(3)8-9-17(25)23-18/h8-9,12-13,22H,4-7,10-11H2,1-3H3. The second-order valence-corrected chi connectivity index (χ2v) is 8.76. The van der Waals surface area contributed by atoms with Crippen molar-refractivity contribution < 1.29 is 4.79 Å². The summed E-state index contributed by atoms with van der Waals surface area (Å²) in [6, 6.07) is 3.76. The molecule has 8 heteroatoms. The van der Waals surface area contributed by atoms with Crippen molar-refractivity contribution in [2.75, 3.05) is 18.4 Å². The molecule has 0 bridgehead atoms. The molecule has 0 spiro atoms. The first-order valence-electron chi connectivity index (χ1n) is 9.98. The van der Waals surface area contributed by atoms with E-state index in [4.69, 9.17) is 12.2 Å². The molecule has 2 aromatic heterocycles. The number of rotatable bonds is 8. The predicted octanol–water partition coefficient (Wildman–Crippen LogP) is 4.22. The molecule has 0 aliphatic carbocycles. The zero-order valence-electron chi connectivity index (χ0n) is 17.0. The summed E-state index contributed by atoms with van der Waals surface area (Å²) in [5.41, 5.74) is 1.73. The first kappa shape index (κ1) is 21.5. The summed E-state index contributed by atoms with van der Waals surface area (Å²) in [7, 11) is 0. The van der Waals surface area contributed by atoms with Crippen LogP contribution in [0, 0.1) is 6.92 Å². The number of aryl methyl sites for hydroxylation is 1. The highest BCUT2D eigenvalue weighted by molar-refractivity contribution is 8.26. The molecule has 1 aliphatic rings. The number of aromatic nitrogens is 2. The number of fused-ring (bicyclic) bond motifs is 1. The first-order valence-corrected chi connectivity index (χ1v) is 11.2. The Hall–Kier alpha value is -2.19. The second kappa shape index (κ2) is 9.54. The van der Waals surface area contributed by atoms with Gasteiger partial charge in [-0.3, -0.25) is 18.9 Å². The van der Waals surface area contributed by atoms with Gasteiger partial charge < -0.3 is 5.32 Å². The van der Waals surface area contributed by atoms with Crippen molar-refractivity contribution in [2.24, 2.45) is 0 Å². The molecular formula is C21H26N4O2S2. The molecule has 1 N–H and O–H groups in total. The van der Waals surface area contributed by atoms with Crippen molar-refractivity contribution >= 4 is 51.7 Å². The third-order valence-electron chi connectivity index (χ3n) is 4.67. The number of nitrogens with one attached hydrogen (secondary N) is 1. The number of pyridine rings is 1. The minimum atomic E-state index is -0.197. The van der Waals surface area contributed by atoms with Crippen LogP contribution in [0.5, 0.6) is 0 Å². The highest BCUT2D eigenvalue weighted by atomic mass is 32.2. The Bertz CT molecular complexity index is 1030. The molecule has 3 rings (SSSR count). The third kappa shape index (κ3) is 4.70. The van der Waals surface area contributed by atoms with Crippen LogP contribution in [-0.4, -0.2) is 37.6 Å². The summed E-state index contributed by atoms with van der Waals surface area (Å²) in [6.45, 7) is 7.38. The Labute approximate surface area is 180 Å². The van der Waals surface area contributed by atoms with E-state index in [0.29, 0.717) is 32.8 Å². The van der Waals surface area contributed by atoms with Gasteiger partial charge in [0.15, 0.2) is 0 Å². The number of hydrogen-bond donors (Lipinski definition) is 1. The zero-order chi connectivity index (χ0) is 21.0. The molecule has 0 aromatic carbocycles. The van der Waals surface area contributed by atoms with Gasteiger partial charge in [-0.05, 0) is 37.5 Å². The number of unbranched alkanes of at least 4 members (excludes halogenated alkanes) is 2. The lowest BCUT2D eigenvalue weighted by Crippen LogP contribution is -2.28.